The maximum atomic E-state index is 12.6. The van der Waals surface area contributed by atoms with Crippen molar-refractivity contribution in [1.29, 1.82) is 0 Å². The van der Waals surface area contributed by atoms with Crippen LogP contribution in [-0.4, -0.2) is 29.3 Å². The molecule has 2 amide bonds. The van der Waals surface area contributed by atoms with Gasteiger partial charge in [-0.2, -0.15) is 0 Å². The van der Waals surface area contributed by atoms with Gasteiger partial charge in [0.05, 0.1) is 18.6 Å². The second-order valence-electron chi connectivity index (χ2n) is 6.91. The number of carbonyl (C=O) groups excluding carboxylic acids is 2. The molecule has 30 heavy (non-hydrogen) atoms. The third kappa shape index (κ3) is 3.61. The zero-order valence-electron chi connectivity index (χ0n) is 15.9. The molecule has 2 aliphatic rings. The Balaban J connectivity index is 1.29. The van der Waals surface area contributed by atoms with E-state index < -0.39 is 0 Å². The summed E-state index contributed by atoms with van der Waals surface area (Å²) >= 11 is 1.57. The molecule has 2 aromatic carbocycles. The van der Waals surface area contributed by atoms with Crippen LogP contribution in [-0.2, 0) is 11.3 Å². The molecule has 3 aromatic rings. The minimum Gasteiger partial charge on any atom is -0.467 e. The smallest absolute Gasteiger partial charge is 0.255 e. The first-order valence-electron chi connectivity index (χ1n) is 9.42. The Morgan fingerprint density at radius 2 is 1.93 bits per heavy atom. The van der Waals surface area contributed by atoms with Gasteiger partial charge in [-0.1, -0.05) is 12.1 Å². The molecular formula is C22H18N2O5S. The van der Waals surface area contributed by atoms with Crippen molar-refractivity contribution >= 4 is 29.3 Å². The van der Waals surface area contributed by atoms with Crippen LogP contribution in [0.2, 0.25) is 0 Å². The highest BCUT2D eigenvalue weighted by molar-refractivity contribution is 8.00. The molecule has 0 bridgehead atoms. The van der Waals surface area contributed by atoms with Crippen LogP contribution < -0.4 is 14.8 Å². The predicted octanol–water partition coefficient (Wildman–Crippen LogP) is 4.03. The van der Waals surface area contributed by atoms with Gasteiger partial charge in [-0.05, 0) is 42.0 Å². The van der Waals surface area contributed by atoms with Crippen molar-refractivity contribution in [2.75, 3.05) is 17.9 Å². The van der Waals surface area contributed by atoms with E-state index in [2.05, 4.69) is 5.32 Å². The number of hydrogen-bond donors (Lipinski definition) is 1. The molecule has 1 aromatic heterocycles. The molecule has 1 saturated heterocycles. The molecule has 1 unspecified atom stereocenters. The van der Waals surface area contributed by atoms with E-state index in [-0.39, 0.29) is 24.0 Å². The van der Waals surface area contributed by atoms with Crippen molar-refractivity contribution in [3.8, 4) is 11.5 Å². The summed E-state index contributed by atoms with van der Waals surface area (Å²) in [5.41, 5.74) is 2.13. The number of carbonyl (C=O) groups is 2. The van der Waals surface area contributed by atoms with E-state index in [1.165, 1.54) is 0 Å². The number of fused-ring (bicyclic) bond motifs is 1. The van der Waals surface area contributed by atoms with Crippen LogP contribution in [0.15, 0.2) is 65.3 Å². The van der Waals surface area contributed by atoms with Gasteiger partial charge in [0.2, 0.25) is 12.7 Å². The van der Waals surface area contributed by atoms with Gasteiger partial charge in [-0.3, -0.25) is 9.59 Å². The molecule has 2 aliphatic heterocycles. The summed E-state index contributed by atoms with van der Waals surface area (Å²) < 4.78 is 16.0. The topological polar surface area (TPSA) is 81.0 Å². The largest absolute Gasteiger partial charge is 0.467 e. The number of anilines is 1. The van der Waals surface area contributed by atoms with Crippen LogP contribution in [0.25, 0.3) is 0 Å². The number of furan rings is 1. The van der Waals surface area contributed by atoms with Gasteiger partial charge in [0.15, 0.2) is 11.5 Å². The lowest BCUT2D eigenvalue weighted by molar-refractivity contribution is -0.128. The molecule has 0 spiro atoms. The number of ether oxygens (including phenoxy) is 2. The zero-order valence-corrected chi connectivity index (χ0v) is 16.7. The van der Waals surface area contributed by atoms with E-state index in [0.29, 0.717) is 35.0 Å². The fourth-order valence-electron chi connectivity index (χ4n) is 3.45. The highest BCUT2D eigenvalue weighted by atomic mass is 32.2. The van der Waals surface area contributed by atoms with Crippen LogP contribution in [0, 0.1) is 0 Å². The monoisotopic (exact) mass is 422 g/mol. The highest BCUT2D eigenvalue weighted by Gasteiger charge is 2.33. The van der Waals surface area contributed by atoms with E-state index in [1.54, 1.807) is 53.3 Å². The first-order valence-corrected chi connectivity index (χ1v) is 10.5. The number of amides is 2. The first kappa shape index (κ1) is 18.6. The molecule has 8 heteroatoms. The maximum absolute atomic E-state index is 12.6. The summed E-state index contributed by atoms with van der Waals surface area (Å²) in [5, 5.41) is 2.76. The second-order valence-corrected chi connectivity index (χ2v) is 7.98. The summed E-state index contributed by atoms with van der Waals surface area (Å²) in [6.45, 7) is 0.614. The molecule has 3 heterocycles. The van der Waals surface area contributed by atoms with E-state index in [9.17, 15) is 9.59 Å². The third-order valence-corrected chi connectivity index (χ3v) is 6.22. The Labute approximate surface area is 177 Å². The van der Waals surface area contributed by atoms with E-state index >= 15 is 0 Å². The van der Waals surface area contributed by atoms with Crippen LogP contribution in [0.1, 0.15) is 27.1 Å². The molecule has 1 N–H and O–H groups in total. The second kappa shape index (κ2) is 7.79. The lowest BCUT2D eigenvalue weighted by atomic mass is 10.1. The Bertz CT molecular complexity index is 1080. The lowest BCUT2D eigenvalue weighted by Gasteiger charge is -2.23. The quantitative estimate of drug-likeness (QED) is 0.669. The SMILES string of the molecule is O=C(Nc1ccc2c(c1)OCO2)c1ccc(C2SCC(=O)N2Cc2ccco2)cc1. The van der Waals surface area contributed by atoms with Gasteiger partial charge in [0.25, 0.3) is 5.91 Å². The van der Waals surface area contributed by atoms with E-state index in [4.69, 9.17) is 13.9 Å². The first-order chi connectivity index (χ1) is 14.7. The molecule has 1 fully saturated rings. The van der Waals surface area contributed by atoms with Crippen molar-refractivity contribution in [3.05, 3.63) is 77.7 Å². The normalized spacial score (nSPS) is 17.4. The number of rotatable bonds is 5. The third-order valence-electron chi connectivity index (χ3n) is 4.96. The summed E-state index contributed by atoms with van der Waals surface area (Å²) in [7, 11) is 0. The molecule has 0 aliphatic carbocycles. The number of benzene rings is 2. The fourth-order valence-corrected chi connectivity index (χ4v) is 4.64. The summed E-state index contributed by atoms with van der Waals surface area (Å²) in [6, 6.07) is 16.3. The minimum absolute atomic E-state index is 0.0750. The van der Waals surface area contributed by atoms with E-state index in [0.717, 1.165) is 11.3 Å². The Kier molecular flexibility index (Phi) is 4.84. The van der Waals surface area contributed by atoms with Gasteiger partial charge < -0.3 is 24.1 Å². The van der Waals surface area contributed by atoms with Crippen LogP contribution in [0.3, 0.4) is 0 Å². The molecular weight excluding hydrogens is 404 g/mol. The molecule has 5 rings (SSSR count). The van der Waals surface area contributed by atoms with Gasteiger partial charge in [0, 0.05) is 17.3 Å². The molecule has 7 nitrogen and oxygen atoms in total. The highest BCUT2D eigenvalue weighted by Crippen LogP contribution is 2.39. The van der Waals surface area contributed by atoms with Crippen molar-refractivity contribution in [2.24, 2.45) is 0 Å². The molecule has 0 saturated carbocycles. The van der Waals surface area contributed by atoms with E-state index in [1.807, 2.05) is 24.3 Å². The number of thioether (sulfide) groups is 1. The van der Waals surface area contributed by atoms with Crippen molar-refractivity contribution < 1.29 is 23.5 Å². The van der Waals surface area contributed by atoms with Crippen molar-refractivity contribution in [2.45, 2.75) is 11.9 Å². The minimum atomic E-state index is -0.219. The number of nitrogens with one attached hydrogen (secondary N) is 1. The fraction of sp³-hybridized carbons (Fsp3) is 0.182. The van der Waals surface area contributed by atoms with Crippen molar-refractivity contribution in [3.63, 3.8) is 0 Å². The van der Waals surface area contributed by atoms with Gasteiger partial charge >= 0.3 is 0 Å². The average Bonchev–Trinajstić information content (AvgIpc) is 3.51. The van der Waals surface area contributed by atoms with Crippen LogP contribution >= 0.6 is 11.8 Å². The standard InChI is InChI=1S/C22H18N2O5S/c25-20-12-30-22(24(20)11-17-2-1-9-27-17)15-5-3-14(4-6-15)21(26)23-16-7-8-18-19(10-16)29-13-28-18/h1-10,22H,11-13H2,(H,23,26). The summed E-state index contributed by atoms with van der Waals surface area (Å²) in [6.07, 6.45) is 1.60. The van der Waals surface area contributed by atoms with Gasteiger partial charge in [0.1, 0.15) is 11.1 Å². The Morgan fingerprint density at radius 3 is 2.73 bits per heavy atom. The predicted molar refractivity (Wildman–Crippen MR) is 111 cm³/mol. The number of hydrogen-bond acceptors (Lipinski definition) is 6. The Hall–Kier alpha value is -3.39. The average molecular weight is 422 g/mol. The van der Waals surface area contributed by atoms with Gasteiger partial charge in [-0.25, -0.2) is 0 Å². The molecule has 152 valence electrons. The number of nitrogens with zero attached hydrogens (tertiary/aromatic N) is 1. The zero-order chi connectivity index (χ0) is 20.5. The molecule has 1 atom stereocenters. The maximum Gasteiger partial charge on any atom is 0.255 e. The van der Waals surface area contributed by atoms with Crippen LogP contribution in [0.5, 0.6) is 11.5 Å². The molecule has 0 radical (unpaired) electrons. The Morgan fingerprint density at radius 1 is 1.10 bits per heavy atom. The van der Waals surface area contributed by atoms with Crippen molar-refractivity contribution in [1.82, 2.24) is 4.90 Å². The van der Waals surface area contributed by atoms with Crippen LogP contribution in [0.4, 0.5) is 5.69 Å². The summed E-state index contributed by atoms with van der Waals surface area (Å²) in [5.74, 6) is 2.31. The summed E-state index contributed by atoms with van der Waals surface area (Å²) in [4.78, 5) is 26.7. The van der Waals surface area contributed by atoms with Gasteiger partial charge in [-0.15, -0.1) is 11.8 Å². The lowest BCUT2D eigenvalue weighted by Crippen LogP contribution is -2.27.